The number of nitrogens with one attached hydrogen (secondary N) is 1. The zero-order valence-electron chi connectivity index (χ0n) is 15.3. The molecule has 0 spiro atoms. The second-order valence-electron chi connectivity index (χ2n) is 6.81. The third kappa shape index (κ3) is 4.06. The predicted molar refractivity (Wildman–Crippen MR) is 104 cm³/mol. The van der Waals surface area contributed by atoms with Crippen LogP contribution in [0, 0.1) is 0 Å². The second-order valence-corrected chi connectivity index (χ2v) is 6.81. The topological polar surface area (TPSA) is 71.1 Å². The molecule has 3 heterocycles. The van der Waals surface area contributed by atoms with Gasteiger partial charge in [0.25, 0.3) is 5.56 Å². The van der Waals surface area contributed by atoms with Gasteiger partial charge in [0, 0.05) is 31.3 Å². The Morgan fingerprint density at radius 3 is 2.96 bits per heavy atom. The number of aromatic nitrogens is 3. The minimum atomic E-state index is -0.133. The molecule has 1 aliphatic heterocycles. The van der Waals surface area contributed by atoms with E-state index >= 15 is 0 Å². The molecule has 6 heteroatoms. The first kappa shape index (κ1) is 17.4. The zero-order chi connectivity index (χ0) is 18.6. The molecule has 1 aromatic carbocycles. The van der Waals surface area contributed by atoms with Crippen molar-refractivity contribution < 1.29 is 4.74 Å². The maximum atomic E-state index is 12.1. The van der Waals surface area contributed by atoms with Gasteiger partial charge < -0.3 is 9.72 Å². The van der Waals surface area contributed by atoms with E-state index in [4.69, 9.17) is 4.74 Å². The van der Waals surface area contributed by atoms with Gasteiger partial charge in [-0.25, -0.2) is 4.98 Å². The van der Waals surface area contributed by atoms with E-state index in [1.807, 2.05) is 30.3 Å². The number of benzene rings is 1. The first-order valence-electron chi connectivity index (χ1n) is 9.09. The van der Waals surface area contributed by atoms with Crippen LogP contribution in [0.15, 0.2) is 59.5 Å². The van der Waals surface area contributed by atoms with Gasteiger partial charge in [0.2, 0.25) is 0 Å². The van der Waals surface area contributed by atoms with Gasteiger partial charge in [0.05, 0.1) is 12.8 Å². The van der Waals surface area contributed by atoms with Crippen molar-refractivity contribution in [3.63, 3.8) is 0 Å². The van der Waals surface area contributed by atoms with Gasteiger partial charge in [-0.2, -0.15) is 0 Å². The molecule has 0 unspecified atom stereocenters. The van der Waals surface area contributed by atoms with Gasteiger partial charge in [0.15, 0.2) is 5.82 Å². The second kappa shape index (κ2) is 7.72. The van der Waals surface area contributed by atoms with Crippen molar-refractivity contribution >= 4 is 0 Å². The summed E-state index contributed by atoms with van der Waals surface area (Å²) in [5.74, 6) is 1.66. The lowest BCUT2D eigenvalue weighted by Crippen LogP contribution is -2.20. The highest BCUT2D eigenvalue weighted by molar-refractivity contribution is 5.48. The van der Waals surface area contributed by atoms with Gasteiger partial charge >= 0.3 is 0 Å². The summed E-state index contributed by atoms with van der Waals surface area (Å²) < 4.78 is 5.31. The highest BCUT2D eigenvalue weighted by Crippen LogP contribution is 2.27. The standard InChI is InChI=1S/C21H22N4O2/c1-27-17-6-4-5-15(11-17)13-25-10-8-16(14-25)19-12-20(26)24-21(23-19)18-7-2-3-9-22-18/h2-7,9,11-12,16H,8,10,13-14H2,1H3,(H,23,24,26)/t16-/m0/s1. The molecule has 4 rings (SSSR count). The summed E-state index contributed by atoms with van der Waals surface area (Å²) >= 11 is 0. The fourth-order valence-corrected chi connectivity index (χ4v) is 3.56. The van der Waals surface area contributed by atoms with E-state index in [0.29, 0.717) is 11.5 Å². The summed E-state index contributed by atoms with van der Waals surface area (Å²) in [6, 6.07) is 15.4. The largest absolute Gasteiger partial charge is 0.497 e. The molecule has 27 heavy (non-hydrogen) atoms. The summed E-state index contributed by atoms with van der Waals surface area (Å²) in [5.41, 5.74) is 2.62. The number of hydrogen-bond acceptors (Lipinski definition) is 5. The maximum Gasteiger partial charge on any atom is 0.251 e. The van der Waals surface area contributed by atoms with Crippen molar-refractivity contribution in [2.24, 2.45) is 0 Å². The zero-order valence-corrected chi connectivity index (χ0v) is 15.3. The minimum Gasteiger partial charge on any atom is -0.497 e. The average molecular weight is 362 g/mol. The van der Waals surface area contributed by atoms with Crippen LogP contribution in [0.5, 0.6) is 5.75 Å². The lowest BCUT2D eigenvalue weighted by atomic mass is 10.0. The number of rotatable bonds is 5. The molecule has 138 valence electrons. The van der Waals surface area contributed by atoms with Crippen LogP contribution < -0.4 is 10.3 Å². The van der Waals surface area contributed by atoms with Crippen LogP contribution in [-0.4, -0.2) is 40.1 Å². The molecule has 0 bridgehead atoms. The highest BCUT2D eigenvalue weighted by Gasteiger charge is 2.26. The van der Waals surface area contributed by atoms with Crippen LogP contribution in [0.4, 0.5) is 0 Å². The van der Waals surface area contributed by atoms with Crippen molar-refractivity contribution in [1.29, 1.82) is 0 Å². The van der Waals surface area contributed by atoms with Crippen LogP contribution in [0.1, 0.15) is 23.6 Å². The Morgan fingerprint density at radius 2 is 2.15 bits per heavy atom. The number of pyridine rings is 1. The predicted octanol–water partition coefficient (Wildman–Crippen LogP) is 2.83. The molecule has 1 atom stereocenters. The SMILES string of the molecule is COc1cccc(CN2CC[C@H](c3cc(=O)[nH]c(-c4ccccn4)n3)C2)c1. The summed E-state index contributed by atoms with van der Waals surface area (Å²) in [4.78, 5) is 26.3. The van der Waals surface area contributed by atoms with E-state index in [2.05, 4.69) is 32.0 Å². The van der Waals surface area contributed by atoms with Crippen LogP contribution in [0.2, 0.25) is 0 Å². The highest BCUT2D eigenvalue weighted by atomic mass is 16.5. The molecule has 1 N–H and O–H groups in total. The fourth-order valence-electron chi connectivity index (χ4n) is 3.56. The molecule has 6 nitrogen and oxygen atoms in total. The van der Waals surface area contributed by atoms with Crippen molar-refractivity contribution in [2.75, 3.05) is 20.2 Å². The number of H-pyrrole nitrogens is 1. The molecule has 0 amide bonds. The van der Waals surface area contributed by atoms with Gasteiger partial charge in [0.1, 0.15) is 11.4 Å². The molecule has 1 fully saturated rings. The lowest BCUT2D eigenvalue weighted by Gasteiger charge is -2.16. The molecule has 1 aliphatic rings. The number of methoxy groups -OCH3 is 1. The Morgan fingerprint density at radius 1 is 1.22 bits per heavy atom. The van der Waals surface area contributed by atoms with Gasteiger partial charge in [-0.3, -0.25) is 14.7 Å². The average Bonchev–Trinajstić information content (AvgIpc) is 3.17. The third-order valence-corrected chi connectivity index (χ3v) is 4.90. The monoisotopic (exact) mass is 362 g/mol. The Labute approximate surface area is 157 Å². The fraction of sp³-hybridized carbons (Fsp3) is 0.286. The van der Waals surface area contributed by atoms with Crippen molar-refractivity contribution in [3.05, 3.63) is 76.3 Å². The van der Waals surface area contributed by atoms with E-state index in [-0.39, 0.29) is 11.5 Å². The van der Waals surface area contributed by atoms with Gasteiger partial charge in [-0.15, -0.1) is 0 Å². The Bertz CT molecular complexity index is 971. The summed E-state index contributed by atoms with van der Waals surface area (Å²) in [7, 11) is 1.68. The number of nitrogens with zero attached hydrogens (tertiary/aromatic N) is 3. The van der Waals surface area contributed by atoms with Crippen molar-refractivity contribution in [1.82, 2.24) is 19.9 Å². The quantitative estimate of drug-likeness (QED) is 0.756. The maximum absolute atomic E-state index is 12.1. The van der Waals surface area contributed by atoms with Crippen LogP contribution in [-0.2, 0) is 6.54 Å². The lowest BCUT2D eigenvalue weighted by molar-refractivity contribution is 0.325. The molecule has 1 saturated heterocycles. The third-order valence-electron chi connectivity index (χ3n) is 4.90. The molecule has 3 aromatic rings. The van der Waals surface area contributed by atoms with E-state index < -0.39 is 0 Å². The van der Waals surface area contributed by atoms with Crippen LogP contribution in [0.25, 0.3) is 11.5 Å². The summed E-state index contributed by atoms with van der Waals surface area (Å²) in [6.07, 6.45) is 2.69. The summed E-state index contributed by atoms with van der Waals surface area (Å²) in [5, 5.41) is 0. The van der Waals surface area contributed by atoms with E-state index in [9.17, 15) is 4.79 Å². The van der Waals surface area contributed by atoms with E-state index in [1.54, 1.807) is 19.4 Å². The molecule has 2 aromatic heterocycles. The Kier molecular flexibility index (Phi) is 4.98. The van der Waals surface area contributed by atoms with E-state index in [1.165, 1.54) is 5.56 Å². The van der Waals surface area contributed by atoms with Gasteiger partial charge in [-0.05, 0) is 42.8 Å². The van der Waals surface area contributed by atoms with Crippen molar-refractivity contribution in [2.45, 2.75) is 18.9 Å². The number of likely N-dealkylation sites (tertiary alicyclic amines) is 1. The summed E-state index contributed by atoms with van der Waals surface area (Å²) in [6.45, 7) is 2.73. The Hall–Kier alpha value is -2.99. The normalized spacial score (nSPS) is 17.1. The number of aromatic amines is 1. The van der Waals surface area contributed by atoms with Crippen LogP contribution in [0.3, 0.4) is 0 Å². The van der Waals surface area contributed by atoms with Crippen molar-refractivity contribution in [3.8, 4) is 17.3 Å². The van der Waals surface area contributed by atoms with E-state index in [0.717, 1.165) is 37.5 Å². The molecule has 0 saturated carbocycles. The first-order valence-corrected chi connectivity index (χ1v) is 9.09. The minimum absolute atomic E-state index is 0.133. The molecular weight excluding hydrogens is 340 g/mol. The number of hydrogen-bond donors (Lipinski definition) is 1. The first-order chi connectivity index (χ1) is 13.2. The molecule has 0 radical (unpaired) electrons. The van der Waals surface area contributed by atoms with Gasteiger partial charge in [-0.1, -0.05) is 18.2 Å². The number of ether oxygens (including phenoxy) is 1. The molecule has 0 aliphatic carbocycles. The molecular formula is C21H22N4O2. The smallest absolute Gasteiger partial charge is 0.251 e. The Balaban J connectivity index is 1.50. The van der Waals surface area contributed by atoms with Crippen LogP contribution >= 0.6 is 0 Å².